The Labute approximate surface area is 213 Å². The molecule has 0 spiro atoms. The molecule has 0 bridgehead atoms. The number of benzene rings is 3. The summed E-state index contributed by atoms with van der Waals surface area (Å²) >= 11 is 0. The highest BCUT2D eigenvalue weighted by molar-refractivity contribution is 7.92. The monoisotopic (exact) mass is 532 g/mol. The molecule has 3 aromatic rings. The Morgan fingerprint density at radius 1 is 1.03 bits per heavy atom. The summed E-state index contributed by atoms with van der Waals surface area (Å²) in [6.45, 7) is 0.873. The van der Waals surface area contributed by atoms with Gasteiger partial charge in [0.25, 0.3) is 5.91 Å². The second-order valence-corrected chi connectivity index (χ2v) is 10.1. The molecule has 8 nitrogen and oxygen atoms in total. The maximum atomic E-state index is 14.3. The summed E-state index contributed by atoms with van der Waals surface area (Å²) < 4.78 is 70.0. The minimum atomic E-state index is -3.64. The van der Waals surface area contributed by atoms with Crippen LogP contribution in [0.15, 0.2) is 54.6 Å². The van der Waals surface area contributed by atoms with Gasteiger partial charge in [-0.1, -0.05) is 24.3 Å². The van der Waals surface area contributed by atoms with E-state index in [4.69, 9.17) is 14.2 Å². The Morgan fingerprint density at radius 3 is 2.59 bits per heavy atom. The van der Waals surface area contributed by atoms with E-state index in [0.717, 1.165) is 12.3 Å². The molecule has 0 aromatic heterocycles. The Balaban J connectivity index is 1.58. The van der Waals surface area contributed by atoms with Crippen LogP contribution >= 0.6 is 0 Å². The number of carbonyl (C=O) groups is 1. The third kappa shape index (κ3) is 6.24. The third-order valence-corrected chi connectivity index (χ3v) is 6.34. The van der Waals surface area contributed by atoms with Crippen molar-refractivity contribution in [3.63, 3.8) is 0 Å². The van der Waals surface area contributed by atoms with Gasteiger partial charge in [-0.05, 0) is 47.9 Å². The van der Waals surface area contributed by atoms with Crippen LogP contribution < -0.4 is 14.4 Å². The molecule has 1 N–H and O–H groups in total. The predicted octanol–water partition coefficient (Wildman–Crippen LogP) is 4.21. The van der Waals surface area contributed by atoms with Crippen LogP contribution in [0.5, 0.6) is 5.75 Å². The molecule has 0 atom stereocenters. The minimum absolute atomic E-state index is 0.120. The number of methoxy groups -OCH3 is 1. The number of ether oxygens (including phenoxy) is 3. The average Bonchev–Trinajstić information content (AvgIpc) is 2.85. The molecule has 1 aliphatic rings. The first-order valence-corrected chi connectivity index (χ1v) is 13.3. The van der Waals surface area contributed by atoms with Gasteiger partial charge < -0.3 is 19.1 Å². The van der Waals surface area contributed by atoms with E-state index in [1.54, 1.807) is 37.4 Å². The van der Waals surface area contributed by atoms with E-state index in [-0.39, 0.29) is 29.7 Å². The fourth-order valence-corrected chi connectivity index (χ4v) is 4.59. The fraction of sp³-hybridized carbons (Fsp3) is 0.269. The van der Waals surface area contributed by atoms with Crippen molar-refractivity contribution >= 4 is 27.3 Å². The SMILES string of the molecule is COCCOCOc1ccc(N2CCc3cc(-c4cccc(F)c4F)ccc3C2=O)cc1NS(C)(=O)=O. The number of nitrogens with one attached hydrogen (secondary N) is 1. The molecule has 196 valence electrons. The topological polar surface area (TPSA) is 94.2 Å². The molecule has 1 amide bonds. The van der Waals surface area contributed by atoms with Gasteiger partial charge in [-0.15, -0.1) is 0 Å². The van der Waals surface area contributed by atoms with Gasteiger partial charge in [-0.25, -0.2) is 17.2 Å². The van der Waals surface area contributed by atoms with Crippen molar-refractivity contribution in [2.45, 2.75) is 6.42 Å². The van der Waals surface area contributed by atoms with Crippen LogP contribution in [-0.2, 0) is 25.9 Å². The normalized spacial score (nSPS) is 13.4. The van der Waals surface area contributed by atoms with Gasteiger partial charge >= 0.3 is 0 Å². The summed E-state index contributed by atoms with van der Waals surface area (Å²) in [4.78, 5) is 14.9. The maximum Gasteiger partial charge on any atom is 0.258 e. The van der Waals surface area contributed by atoms with E-state index in [1.807, 2.05) is 0 Å². The molecule has 0 aliphatic carbocycles. The molecule has 11 heteroatoms. The highest BCUT2D eigenvalue weighted by atomic mass is 32.2. The highest BCUT2D eigenvalue weighted by Crippen LogP contribution is 2.34. The smallest absolute Gasteiger partial charge is 0.258 e. The fourth-order valence-electron chi connectivity index (χ4n) is 4.03. The second kappa shape index (κ2) is 11.2. The minimum Gasteiger partial charge on any atom is -0.465 e. The molecule has 0 saturated carbocycles. The molecule has 0 fully saturated rings. The summed E-state index contributed by atoms with van der Waals surface area (Å²) in [5.41, 5.74) is 2.36. The van der Waals surface area contributed by atoms with Crippen LogP contribution in [0.4, 0.5) is 20.2 Å². The van der Waals surface area contributed by atoms with E-state index >= 15 is 0 Å². The van der Waals surface area contributed by atoms with Crippen LogP contribution in [-0.4, -0.2) is 54.2 Å². The summed E-state index contributed by atoms with van der Waals surface area (Å²) in [6.07, 6.45) is 1.48. The lowest BCUT2D eigenvalue weighted by Crippen LogP contribution is -2.37. The van der Waals surface area contributed by atoms with Crippen molar-refractivity contribution in [2.75, 3.05) is 49.5 Å². The largest absolute Gasteiger partial charge is 0.465 e. The van der Waals surface area contributed by atoms with Crippen molar-refractivity contribution in [2.24, 2.45) is 0 Å². The van der Waals surface area contributed by atoms with Crippen molar-refractivity contribution in [3.8, 4) is 16.9 Å². The van der Waals surface area contributed by atoms with Gasteiger partial charge in [0.15, 0.2) is 18.4 Å². The molecule has 0 saturated heterocycles. The van der Waals surface area contributed by atoms with Gasteiger partial charge in [-0.3, -0.25) is 9.52 Å². The van der Waals surface area contributed by atoms with Crippen LogP contribution in [0, 0.1) is 11.6 Å². The number of fused-ring (bicyclic) bond motifs is 1. The number of anilines is 2. The van der Waals surface area contributed by atoms with Gasteiger partial charge in [-0.2, -0.15) is 0 Å². The number of sulfonamides is 1. The third-order valence-electron chi connectivity index (χ3n) is 5.75. The predicted molar refractivity (Wildman–Crippen MR) is 135 cm³/mol. The van der Waals surface area contributed by atoms with Gasteiger partial charge in [0.05, 0.1) is 25.2 Å². The Hall–Kier alpha value is -3.54. The second-order valence-electron chi connectivity index (χ2n) is 8.40. The lowest BCUT2D eigenvalue weighted by molar-refractivity contribution is -0.00813. The zero-order valence-corrected chi connectivity index (χ0v) is 21.1. The van der Waals surface area contributed by atoms with E-state index in [1.165, 1.54) is 23.1 Å². The molecule has 1 heterocycles. The van der Waals surface area contributed by atoms with Crippen LogP contribution in [0.1, 0.15) is 15.9 Å². The molecular formula is C26H26F2N2O6S. The summed E-state index contributed by atoms with van der Waals surface area (Å²) in [5.74, 6) is -1.94. The number of carbonyl (C=O) groups excluding carboxylic acids is 1. The number of hydrogen-bond acceptors (Lipinski definition) is 6. The van der Waals surface area contributed by atoms with Crippen molar-refractivity contribution < 1.29 is 36.2 Å². The van der Waals surface area contributed by atoms with Crippen LogP contribution in [0.3, 0.4) is 0 Å². The van der Waals surface area contributed by atoms with Gasteiger partial charge in [0.2, 0.25) is 10.0 Å². The van der Waals surface area contributed by atoms with E-state index in [2.05, 4.69) is 4.72 Å². The zero-order valence-electron chi connectivity index (χ0n) is 20.3. The molecule has 3 aromatic carbocycles. The van der Waals surface area contributed by atoms with Crippen LogP contribution in [0.2, 0.25) is 0 Å². The average molecular weight is 533 g/mol. The number of amides is 1. The first-order valence-electron chi connectivity index (χ1n) is 11.4. The molecule has 4 rings (SSSR count). The molecule has 37 heavy (non-hydrogen) atoms. The van der Waals surface area contributed by atoms with Crippen molar-refractivity contribution in [1.82, 2.24) is 0 Å². The molecule has 0 radical (unpaired) electrons. The number of hydrogen-bond donors (Lipinski definition) is 1. The molecular weight excluding hydrogens is 506 g/mol. The lowest BCUT2D eigenvalue weighted by atomic mass is 9.93. The summed E-state index contributed by atoms with van der Waals surface area (Å²) in [5, 5.41) is 0. The van der Waals surface area contributed by atoms with Gasteiger partial charge in [0, 0.05) is 30.5 Å². The highest BCUT2D eigenvalue weighted by Gasteiger charge is 2.27. The summed E-state index contributed by atoms with van der Waals surface area (Å²) in [6, 6.07) is 13.6. The van der Waals surface area contributed by atoms with E-state index in [0.29, 0.717) is 48.6 Å². The molecule has 0 unspecified atom stereocenters. The molecule has 1 aliphatic heterocycles. The lowest BCUT2D eigenvalue weighted by Gasteiger charge is -2.29. The maximum absolute atomic E-state index is 14.3. The number of nitrogens with zero attached hydrogens (tertiary/aromatic N) is 1. The Kier molecular flexibility index (Phi) is 8.06. The number of rotatable bonds is 10. The quantitative estimate of drug-likeness (QED) is 0.311. The van der Waals surface area contributed by atoms with Crippen molar-refractivity contribution in [1.29, 1.82) is 0 Å². The standard InChI is InChI=1S/C26H26F2N2O6S/c1-34-12-13-35-16-36-24-9-7-19(15-23(24)29-37(2,32)33)30-11-10-18-14-17(6-8-21(18)26(30)31)20-4-3-5-22(27)25(20)28/h3-9,14-15,29H,10-13,16H2,1-2H3. The Bertz CT molecular complexity index is 1410. The van der Waals surface area contributed by atoms with Gasteiger partial charge in [0.1, 0.15) is 5.75 Å². The zero-order chi connectivity index (χ0) is 26.6. The summed E-state index contributed by atoms with van der Waals surface area (Å²) in [7, 11) is -2.10. The van der Waals surface area contributed by atoms with E-state index in [9.17, 15) is 22.0 Å². The van der Waals surface area contributed by atoms with E-state index < -0.39 is 21.7 Å². The first-order chi connectivity index (χ1) is 17.7. The first kappa shape index (κ1) is 26.5. The Morgan fingerprint density at radius 2 is 1.84 bits per heavy atom. The number of halogens is 2. The van der Waals surface area contributed by atoms with Crippen molar-refractivity contribution in [3.05, 3.63) is 77.4 Å². The van der Waals surface area contributed by atoms with Crippen LogP contribution in [0.25, 0.3) is 11.1 Å².